The van der Waals surface area contributed by atoms with Crippen molar-refractivity contribution in [3.63, 3.8) is 0 Å². The second-order valence-corrected chi connectivity index (χ2v) is 6.63. The molecule has 3 rings (SSSR count). The highest BCUT2D eigenvalue weighted by Gasteiger charge is 2.14. The first-order chi connectivity index (χ1) is 15.6. The van der Waals surface area contributed by atoms with E-state index in [9.17, 15) is 9.59 Å². The number of benzene rings is 3. The molecule has 0 fully saturated rings. The fourth-order valence-electron chi connectivity index (χ4n) is 2.76. The van der Waals surface area contributed by atoms with Gasteiger partial charge in [0.05, 0.1) is 20.4 Å². The maximum absolute atomic E-state index is 12.8. The van der Waals surface area contributed by atoms with Crippen molar-refractivity contribution in [2.45, 2.75) is 0 Å². The normalized spacial score (nSPS) is 11.1. The van der Waals surface area contributed by atoms with Crippen LogP contribution in [0.2, 0.25) is 0 Å². The van der Waals surface area contributed by atoms with Crippen molar-refractivity contribution in [2.24, 2.45) is 5.10 Å². The molecule has 0 saturated heterocycles. The number of hydrogen-bond acceptors (Lipinski definition) is 5. The maximum Gasteiger partial charge on any atom is 0.287 e. The van der Waals surface area contributed by atoms with Gasteiger partial charge >= 0.3 is 0 Å². The van der Waals surface area contributed by atoms with Gasteiger partial charge in [0, 0.05) is 5.56 Å². The molecule has 2 N–H and O–H groups in total. The van der Waals surface area contributed by atoms with Crippen molar-refractivity contribution in [3.8, 4) is 11.5 Å². The standard InChI is InChI=1S/C25H23N3O4/c1-31-21-13-11-18(12-14-21)16-23(27-24(29)20-8-4-3-5-9-20)25(30)28-26-17-19-7-6-10-22(15-19)32-2/h3-17H,1-2H3,(H,27,29)(H,28,30)/b23-16+,26-17+. The third-order valence-electron chi connectivity index (χ3n) is 4.43. The van der Waals surface area contributed by atoms with Gasteiger partial charge in [0.2, 0.25) is 0 Å². The minimum atomic E-state index is -0.566. The van der Waals surface area contributed by atoms with E-state index >= 15 is 0 Å². The molecule has 0 saturated carbocycles. The third-order valence-corrected chi connectivity index (χ3v) is 4.43. The van der Waals surface area contributed by atoms with Crippen LogP contribution < -0.4 is 20.2 Å². The largest absolute Gasteiger partial charge is 0.497 e. The quantitative estimate of drug-likeness (QED) is 0.325. The van der Waals surface area contributed by atoms with Crippen LogP contribution in [0.25, 0.3) is 6.08 Å². The zero-order valence-corrected chi connectivity index (χ0v) is 17.7. The fraction of sp³-hybridized carbons (Fsp3) is 0.0800. The van der Waals surface area contributed by atoms with E-state index < -0.39 is 11.8 Å². The van der Waals surface area contributed by atoms with Gasteiger partial charge in [-0.2, -0.15) is 5.10 Å². The molecule has 3 aromatic carbocycles. The summed E-state index contributed by atoms with van der Waals surface area (Å²) >= 11 is 0. The number of hydrogen-bond donors (Lipinski definition) is 2. The van der Waals surface area contributed by atoms with E-state index in [1.807, 2.05) is 24.3 Å². The lowest BCUT2D eigenvalue weighted by molar-refractivity contribution is -0.117. The van der Waals surface area contributed by atoms with Gasteiger partial charge in [-0.1, -0.05) is 42.5 Å². The van der Waals surface area contributed by atoms with Gasteiger partial charge in [-0.05, 0) is 53.6 Å². The Hall–Kier alpha value is -4.39. The predicted molar refractivity (Wildman–Crippen MR) is 124 cm³/mol. The van der Waals surface area contributed by atoms with Gasteiger partial charge in [0.15, 0.2) is 0 Å². The molecule has 7 nitrogen and oxygen atoms in total. The number of methoxy groups -OCH3 is 2. The number of ether oxygens (including phenoxy) is 2. The van der Waals surface area contributed by atoms with E-state index in [1.165, 1.54) is 6.21 Å². The Morgan fingerprint density at radius 3 is 2.22 bits per heavy atom. The molecule has 0 radical (unpaired) electrons. The Bertz CT molecular complexity index is 1120. The number of amides is 2. The highest BCUT2D eigenvalue weighted by atomic mass is 16.5. The van der Waals surface area contributed by atoms with Crippen molar-refractivity contribution in [3.05, 3.63) is 101 Å². The number of carbonyl (C=O) groups is 2. The first-order valence-electron chi connectivity index (χ1n) is 9.78. The summed E-state index contributed by atoms with van der Waals surface area (Å²) in [5.74, 6) is 0.390. The van der Waals surface area contributed by atoms with Crippen LogP contribution in [0.5, 0.6) is 11.5 Å². The molecule has 0 aromatic heterocycles. The summed E-state index contributed by atoms with van der Waals surface area (Å²) in [6.07, 6.45) is 3.06. The summed E-state index contributed by atoms with van der Waals surface area (Å²) in [7, 11) is 3.15. The molecule has 0 heterocycles. The van der Waals surface area contributed by atoms with Crippen LogP contribution in [0.3, 0.4) is 0 Å². The van der Waals surface area contributed by atoms with Gasteiger partial charge in [0.1, 0.15) is 17.2 Å². The summed E-state index contributed by atoms with van der Waals surface area (Å²) in [6, 6.07) is 23.0. The average Bonchev–Trinajstić information content (AvgIpc) is 2.84. The Balaban J connectivity index is 1.79. The number of carbonyl (C=O) groups excluding carboxylic acids is 2. The first kappa shape index (κ1) is 22.3. The molecule has 0 spiro atoms. The highest BCUT2D eigenvalue weighted by Crippen LogP contribution is 2.14. The zero-order valence-electron chi connectivity index (χ0n) is 17.7. The van der Waals surface area contributed by atoms with Crippen molar-refractivity contribution in [1.29, 1.82) is 0 Å². The van der Waals surface area contributed by atoms with Gasteiger partial charge < -0.3 is 14.8 Å². The van der Waals surface area contributed by atoms with E-state index in [1.54, 1.807) is 74.9 Å². The molecule has 0 unspecified atom stereocenters. The molecule has 2 amide bonds. The molecule has 3 aromatic rings. The molecule has 0 aliphatic carbocycles. The molecule has 0 aliphatic rings. The van der Waals surface area contributed by atoms with Crippen LogP contribution in [-0.2, 0) is 4.79 Å². The van der Waals surface area contributed by atoms with Crippen molar-refractivity contribution >= 4 is 24.1 Å². The number of nitrogens with one attached hydrogen (secondary N) is 2. The predicted octanol–water partition coefficient (Wildman–Crippen LogP) is 3.63. The second-order valence-electron chi connectivity index (χ2n) is 6.63. The van der Waals surface area contributed by atoms with Gasteiger partial charge in [-0.3, -0.25) is 9.59 Å². The monoisotopic (exact) mass is 429 g/mol. The minimum Gasteiger partial charge on any atom is -0.497 e. The summed E-state index contributed by atoms with van der Waals surface area (Å²) < 4.78 is 10.3. The number of rotatable bonds is 8. The SMILES string of the molecule is COc1ccc(/C=C(/NC(=O)c2ccccc2)C(=O)N/N=C/c2cccc(OC)c2)cc1. The Morgan fingerprint density at radius 2 is 1.53 bits per heavy atom. The Labute approximate surface area is 186 Å². The Morgan fingerprint density at radius 1 is 0.812 bits per heavy atom. The molecule has 0 bridgehead atoms. The summed E-state index contributed by atoms with van der Waals surface area (Å²) in [5.41, 5.74) is 4.39. The number of hydrazone groups is 1. The smallest absolute Gasteiger partial charge is 0.287 e. The van der Waals surface area contributed by atoms with E-state index in [2.05, 4.69) is 15.8 Å². The molecule has 32 heavy (non-hydrogen) atoms. The topological polar surface area (TPSA) is 89.0 Å². The lowest BCUT2D eigenvalue weighted by atomic mass is 10.1. The fourth-order valence-corrected chi connectivity index (χ4v) is 2.76. The average molecular weight is 429 g/mol. The van der Waals surface area contributed by atoms with Crippen molar-refractivity contribution < 1.29 is 19.1 Å². The van der Waals surface area contributed by atoms with Crippen LogP contribution in [0.4, 0.5) is 0 Å². The van der Waals surface area contributed by atoms with E-state index in [-0.39, 0.29) is 5.70 Å². The summed E-state index contributed by atoms with van der Waals surface area (Å²) in [5, 5.41) is 6.66. The summed E-state index contributed by atoms with van der Waals surface area (Å²) in [6.45, 7) is 0. The molecule has 162 valence electrons. The zero-order chi connectivity index (χ0) is 22.8. The minimum absolute atomic E-state index is 0.0480. The third kappa shape index (κ3) is 6.30. The summed E-state index contributed by atoms with van der Waals surface area (Å²) in [4.78, 5) is 25.4. The van der Waals surface area contributed by atoms with Gasteiger partial charge in [0.25, 0.3) is 11.8 Å². The van der Waals surface area contributed by atoms with Crippen LogP contribution in [0, 0.1) is 0 Å². The lowest BCUT2D eigenvalue weighted by Crippen LogP contribution is -2.32. The number of nitrogens with zero attached hydrogens (tertiary/aromatic N) is 1. The van der Waals surface area contributed by atoms with Crippen LogP contribution >= 0.6 is 0 Å². The van der Waals surface area contributed by atoms with Crippen LogP contribution in [0.1, 0.15) is 21.5 Å². The second kappa shape index (κ2) is 11.1. The molecular weight excluding hydrogens is 406 g/mol. The van der Waals surface area contributed by atoms with Crippen LogP contribution in [-0.4, -0.2) is 32.2 Å². The highest BCUT2D eigenvalue weighted by molar-refractivity contribution is 6.05. The van der Waals surface area contributed by atoms with Crippen molar-refractivity contribution in [2.75, 3.05) is 14.2 Å². The molecule has 0 atom stereocenters. The van der Waals surface area contributed by atoms with Crippen LogP contribution in [0.15, 0.2) is 89.7 Å². The molecule has 7 heteroatoms. The van der Waals surface area contributed by atoms with E-state index in [0.29, 0.717) is 22.6 Å². The van der Waals surface area contributed by atoms with Crippen molar-refractivity contribution in [1.82, 2.24) is 10.7 Å². The maximum atomic E-state index is 12.8. The first-order valence-corrected chi connectivity index (χ1v) is 9.78. The van der Waals surface area contributed by atoms with E-state index in [0.717, 1.165) is 5.56 Å². The van der Waals surface area contributed by atoms with Gasteiger partial charge in [-0.25, -0.2) is 5.43 Å². The van der Waals surface area contributed by atoms with E-state index in [4.69, 9.17) is 9.47 Å². The lowest BCUT2D eigenvalue weighted by Gasteiger charge is -2.09. The molecular formula is C25H23N3O4. The molecule has 0 aliphatic heterocycles. The van der Waals surface area contributed by atoms with Gasteiger partial charge in [-0.15, -0.1) is 0 Å². The Kier molecular flexibility index (Phi) is 7.75.